The Kier molecular flexibility index (Phi) is 4.04. The maximum absolute atomic E-state index is 14.0. The molecule has 1 amide bonds. The van der Waals surface area contributed by atoms with E-state index in [9.17, 15) is 22.8 Å². The fourth-order valence-corrected chi connectivity index (χ4v) is 4.49. The maximum Gasteiger partial charge on any atom is 0.414 e. The summed E-state index contributed by atoms with van der Waals surface area (Å²) in [6.07, 6.45) is -5.12. The minimum absolute atomic E-state index is 0.0834. The first-order chi connectivity index (χ1) is 12.7. The van der Waals surface area contributed by atoms with Gasteiger partial charge in [-0.05, 0) is 24.9 Å². The molecule has 0 bridgehead atoms. The molecule has 2 unspecified atom stereocenters. The van der Waals surface area contributed by atoms with Crippen LogP contribution in [0.5, 0.6) is 0 Å². The van der Waals surface area contributed by atoms with Crippen LogP contribution in [0.25, 0.3) is 0 Å². The molecule has 1 aliphatic carbocycles. The van der Waals surface area contributed by atoms with Crippen molar-refractivity contribution in [3.8, 4) is 0 Å². The highest BCUT2D eigenvalue weighted by molar-refractivity contribution is 5.97. The number of nitrogens with zero attached hydrogens (tertiary/aromatic N) is 2. The molecule has 3 heterocycles. The second kappa shape index (κ2) is 5.96. The maximum atomic E-state index is 14.0. The fraction of sp³-hybridized carbons (Fsp3) is 0.647. The van der Waals surface area contributed by atoms with Crippen molar-refractivity contribution in [3.05, 3.63) is 28.0 Å². The van der Waals surface area contributed by atoms with E-state index in [0.717, 1.165) is 19.2 Å². The number of rotatable bonds is 4. The number of hydrogen-bond donors (Lipinski definition) is 2. The Bertz CT molecular complexity index is 820. The van der Waals surface area contributed by atoms with Gasteiger partial charge in [0.2, 0.25) is 0 Å². The molecule has 10 heteroatoms. The number of carbonyl (C=O) groups is 1. The van der Waals surface area contributed by atoms with Gasteiger partial charge in [0, 0.05) is 38.2 Å². The third-order valence-electron chi connectivity index (χ3n) is 5.99. The Labute approximate surface area is 153 Å². The molecule has 4 rings (SSSR count). The SMILES string of the molecule is CN1CC2C(C1)C2Nc1c(C(N)=O)ccc(=O)n1[C@]1(C(F)(F)F)CCOC1. The standard InChI is InChI=1S/C17H21F3N4O3/c1-23-6-10-11(7-23)13(10)22-15-9(14(21)26)2-3-12(25)24(15)16(17(18,19)20)4-5-27-8-16/h2-3,10-11,13,22H,4-8H2,1H3,(H2,21,26)/t10?,11?,13?,16-/m1/s1. The fourth-order valence-electron chi connectivity index (χ4n) is 4.49. The number of nitrogens with one attached hydrogen (secondary N) is 1. The molecular formula is C17H21F3N4O3. The van der Waals surface area contributed by atoms with E-state index >= 15 is 0 Å². The van der Waals surface area contributed by atoms with Gasteiger partial charge in [-0.2, -0.15) is 13.2 Å². The molecule has 3 N–H and O–H groups in total. The van der Waals surface area contributed by atoms with Crippen LogP contribution in [-0.2, 0) is 10.3 Å². The molecule has 1 aromatic heterocycles. The lowest BCUT2D eigenvalue weighted by molar-refractivity contribution is -0.214. The van der Waals surface area contributed by atoms with E-state index < -0.39 is 36.2 Å². The van der Waals surface area contributed by atoms with Crippen molar-refractivity contribution in [1.29, 1.82) is 0 Å². The minimum Gasteiger partial charge on any atom is -0.379 e. The Hall–Kier alpha value is -2.07. The Morgan fingerprint density at radius 1 is 1.33 bits per heavy atom. The highest BCUT2D eigenvalue weighted by Crippen LogP contribution is 2.49. The van der Waals surface area contributed by atoms with E-state index in [0.29, 0.717) is 4.57 Å². The van der Waals surface area contributed by atoms with Gasteiger partial charge in [0.15, 0.2) is 5.54 Å². The number of halogens is 3. The predicted octanol–water partition coefficient (Wildman–Crippen LogP) is 0.597. The van der Waals surface area contributed by atoms with Gasteiger partial charge in [0.05, 0.1) is 12.2 Å². The number of fused-ring (bicyclic) bond motifs is 1. The number of nitrogens with two attached hydrogens (primary N) is 1. The molecule has 2 saturated heterocycles. The van der Waals surface area contributed by atoms with Gasteiger partial charge in [-0.15, -0.1) is 0 Å². The van der Waals surface area contributed by atoms with Crippen LogP contribution in [0, 0.1) is 11.8 Å². The molecule has 27 heavy (non-hydrogen) atoms. The van der Waals surface area contributed by atoms with Crippen LogP contribution in [0.2, 0.25) is 0 Å². The van der Waals surface area contributed by atoms with E-state index in [-0.39, 0.29) is 35.9 Å². The number of likely N-dealkylation sites (tertiary alicyclic amines) is 1. The summed E-state index contributed by atoms with van der Waals surface area (Å²) < 4.78 is 47.8. The number of primary amides is 1. The van der Waals surface area contributed by atoms with Crippen molar-refractivity contribution in [1.82, 2.24) is 9.47 Å². The number of anilines is 1. The lowest BCUT2D eigenvalue weighted by Crippen LogP contribution is -2.53. The first kappa shape index (κ1) is 18.3. The van der Waals surface area contributed by atoms with E-state index in [1.807, 2.05) is 7.05 Å². The molecule has 0 radical (unpaired) electrons. The highest BCUT2D eigenvalue weighted by Gasteiger charge is 2.61. The van der Waals surface area contributed by atoms with Gasteiger partial charge in [-0.3, -0.25) is 14.2 Å². The summed E-state index contributed by atoms with van der Waals surface area (Å²) in [6.45, 7) is 0.844. The lowest BCUT2D eigenvalue weighted by atomic mass is 9.96. The number of piperidine rings is 1. The minimum atomic E-state index is -4.72. The van der Waals surface area contributed by atoms with E-state index in [1.165, 1.54) is 6.07 Å². The number of carbonyl (C=O) groups excluding carboxylic acids is 1. The molecule has 3 atom stereocenters. The van der Waals surface area contributed by atoms with Crippen molar-refractivity contribution in [2.75, 3.05) is 38.7 Å². The molecule has 148 valence electrons. The van der Waals surface area contributed by atoms with Crippen molar-refractivity contribution in [3.63, 3.8) is 0 Å². The summed E-state index contributed by atoms with van der Waals surface area (Å²) in [4.78, 5) is 26.6. The van der Waals surface area contributed by atoms with Crippen molar-refractivity contribution in [2.24, 2.45) is 17.6 Å². The number of aromatic nitrogens is 1. The predicted molar refractivity (Wildman–Crippen MR) is 90.6 cm³/mol. The van der Waals surface area contributed by atoms with Gasteiger partial charge < -0.3 is 20.7 Å². The van der Waals surface area contributed by atoms with Crippen molar-refractivity contribution in [2.45, 2.75) is 24.2 Å². The largest absolute Gasteiger partial charge is 0.414 e. The lowest BCUT2D eigenvalue weighted by Gasteiger charge is -2.35. The molecule has 2 aliphatic heterocycles. The monoisotopic (exact) mass is 386 g/mol. The number of amides is 1. The molecule has 3 fully saturated rings. The van der Waals surface area contributed by atoms with E-state index in [1.54, 1.807) is 0 Å². The van der Waals surface area contributed by atoms with Crippen molar-refractivity contribution < 1.29 is 22.7 Å². The average molecular weight is 386 g/mol. The summed E-state index contributed by atoms with van der Waals surface area (Å²) in [5, 5.41) is 3.05. The Morgan fingerprint density at radius 2 is 2.00 bits per heavy atom. The molecule has 1 aromatic rings. The highest BCUT2D eigenvalue weighted by atomic mass is 19.4. The first-order valence-electron chi connectivity index (χ1n) is 8.81. The number of hydrogen-bond acceptors (Lipinski definition) is 5. The first-order valence-corrected chi connectivity index (χ1v) is 8.81. The third kappa shape index (κ3) is 2.73. The van der Waals surface area contributed by atoms with Crippen LogP contribution in [-0.4, -0.2) is 60.9 Å². The smallest absolute Gasteiger partial charge is 0.379 e. The molecular weight excluding hydrogens is 365 g/mol. The van der Waals surface area contributed by atoms with Gasteiger partial charge in [0.1, 0.15) is 5.82 Å². The van der Waals surface area contributed by atoms with Crippen LogP contribution in [0.15, 0.2) is 16.9 Å². The molecule has 0 spiro atoms. The number of alkyl halides is 3. The molecule has 0 aromatic carbocycles. The topological polar surface area (TPSA) is 89.6 Å². The quantitative estimate of drug-likeness (QED) is 0.791. The van der Waals surface area contributed by atoms with Crippen LogP contribution in [0.1, 0.15) is 16.8 Å². The summed E-state index contributed by atoms with van der Waals surface area (Å²) in [6, 6.07) is 2.06. The zero-order valence-electron chi connectivity index (χ0n) is 14.8. The van der Waals surface area contributed by atoms with Gasteiger partial charge in [-0.25, -0.2) is 0 Å². The molecule has 7 nitrogen and oxygen atoms in total. The zero-order chi connectivity index (χ0) is 19.6. The van der Waals surface area contributed by atoms with Crippen LogP contribution in [0.3, 0.4) is 0 Å². The van der Waals surface area contributed by atoms with Gasteiger partial charge >= 0.3 is 6.18 Å². The van der Waals surface area contributed by atoms with Crippen molar-refractivity contribution >= 4 is 11.7 Å². The normalized spacial score (nSPS) is 33.1. The van der Waals surface area contributed by atoms with Gasteiger partial charge in [0.25, 0.3) is 11.5 Å². The Morgan fingerprint density at radius 3 is 2.52 bits per heavy atom. The summed E-state index contributed by atoms with van der Waals surface area (Å²) in [7, 11) is 1.98. The van der Waals surface area contributed by atoms with Crippen LogP contribution in [0.4, 0.5) is 19.0 Å². The molecule has 3 aliphatic rings. The van der Waals surface area contributed by atoms with Crippen LogP contribution >= 0.6 is 0 Å². The van der Waals surface area contributed by atoms with E-state index in [4.69, 9.17) is 10.5 Å². The van der Waals surface area contributed by atoms with Crippen LogP contribution < -0.4 is 16.6 Å². The zero-order valence-corrected chi connectivity index (χ0v) is 14.8. The summed E-state index contributed by atoms with van der Waals surface area (Å²) >= 11 is 0. The average Bonchev–Trinajstić information content (AvgIpc) is 2.96. The number of pyridine rings is 1. The van der Waals surface area contributed by atoms with E-state index in [2.05, 4.69) is 10.2 Å². The van der Waals surface area contributed by atoms with Gasteiger partial charge in [-0.1, -0.05) is 0 Å². The number of ether oxygens (including phenoxy) is 1. The third-order valence-corrected chi connectivity index (χ3v) is 5.99. The Balaban J connectivity index is 1.82. The summed E-state index contributed by atoms with van der Waals surface area (Å²) in [5.74, 6) is -0.479. The second-order valence-electron chi connectivity index (χ2n) is 7.68. The summed E-state index contributed by atoms with van der Waals surface area (Å²) in [5.41, 5.74) is 1.93. The second-order valence-corrected chi connectivity index (χ2v) is 7.68. The molecule has 1 saturated carbocycles.